The van der Waals surface area contributed by atoms with Gasteiger partial charge in [-0.1, -0.05) is 5.16 Å². The minimum Gasteiger partial charge on any atom is -0.465 e. The maximum Gasteiger partial charge on any atom is 0.344 e. The Morgan fingerprint density at radius 2 is 1.94 bits per heavy atom. The molecule has 1 N–H and O–H groups in total. The number of esters is 1. The summed E-state index contributed by atoms with van der Waals surface area (Å²) in [5.41, 5.74) is -0.0318. The predicted octanol–water partition coefficient (Wildman–Crippen LogP) is 1.30. The van der Waals surface area contributed by atoms with Crippen LogP contribution in [-0.2, 0) is 4.74 Å². The predicted molar refractivity (Wildman–Crippen MR) is 59.8 cm³/mol. The zero-order chi connectivity index (χ0) is 13.2. The normalized spacial score (nSPS) is 11.1. The Morgan fingerprint density at radius 1 is 1.35 bits per heavy atom. The number of carbonyl (C=O) groups excluding carboxylic acids is 2. The van der Waals surface area contributed by atoms with Gasteiger partial charge in [-0.15, -0.1) is 0 Å². The van der Waals surface area contributed by atoms with Gasteiger partial charge in [-0.3, -0.25) is 4.79 Å². The van der Waals surface area contributed by atoms with E-state index in [0.717, 1.165) is 0 Å². The van der Waals surface area contributed by atoms with Gasteiger partial charge in [-0.05, 0) is 27.7 Å². The number of nitrogens with zero attached hydrogens (tertiary/aromatic N) is 1. The van der Waals surface area contributed by atoms with Crippen molar-refractivity contribution in [3.05, 3.63) is 17.0 Å². The zero-order valence-corrected chi connectivity index (χ0v) is 10.6. The number of amides is 1. The van der Waals surface area contributed by atoms with E-state index in [1.54, 1.807) is 6.92 Å². The van der Waals surface area contributed by atoms with Crippen LogP contribution in [0.3, 0.4) is 0 Å². The molecule has 0 aromatic carbocycles. The third-order valence-corrected chi connectivity index (χ3v) is 1.95. The van der Waals surface area contributed by atoms with Crippen LogP contribution < -0.4 is 5.32 Å². The van der Waals surface area contributed by atoms with Gasteiger partial charge in [-0.2, -0.15) is 0 Å². The summed E-state index contributed by atoms with van der Waals surface area (Å²) in [6.45, 7) is 7.05. The monoisotopic (exact) mass is 240 g/mol. The lowest BCUT2D eigenvalue weighted by Crippen LogP contribution is -2.41. The molecule has 0 fully saturated rings. The van der Waals surface area contributed by atoms with Crippen LogP contribution >= 0.6 is 0 Å². The highest BCUT2D eigenvalue weighted by Gasteiger charge is 2.28. The number of methoxy groups -OCH3 is 1. The van der Waals surface area contributed by atoms with Crippen molar-refractivity contribution in [3.63, 3.8) is 0 Å². The lowest BCUT2D eigenvalue weighted by molar-refractivity contribution is 0.0592. The molecule has 0 aliphatic carbocycles. The molecule has 1 aromatic heterocycles. The number of ether oxygens (including phenoxy) is 1. The van der Waals surface area contributed by atoms with Crippen molar-refractivity contribution in [2.24, 2.45) is 0 Å². The highest BCUT2D eigenvalue weighted by atomic mass is 16.5. The van der Waals surface area contributed by atoms with Crippen LogP contribution in [0.25, 0.3) is 0 Å². The van der Waals surface area contributed by atoms with Crippen LogP contribution in [0, 0.1) is 6.92 Å². The average molecular weight is 240 g/mol. The van der Waals surface area contributed by atoms with Crippen molar-refractivity contribution in [1.29, 1.82) is 0 Å². The minimum atomic E-state index is -0.636. The largest absolute Gasteiger partial charge is 0.465 e. The Labute approximate surface area is 99.3 Å². The van der Waals surface area contributed by atoms with E-state index in [-0.39, 0.29) is 11.3 Å². The molecule has 0 spiro atoms. The van der Waals surface area contributed by atoms with E-state index in [4.69, 9.17) is 4.52 Å². The van der Waals surface area contributed by atoms with Crippen molar-refractivity contribution in [3.8, 4) is 0 Å². The summed E-state index contributed by atoms with van der Waals surface area (Å²) in [7, 11) is 1.24. The Kier molecular flexibility index (Phi) is 3.55. The molecule has 0 unspecified atom stereocenters. The number of hydrogen-bond acceptors (Lipinski definition) is 5. The van der Waals surface area contributed by atoms with Crippen molar-refractivity contribution >= 4 is 11.9 Å². The molecule has 0 aliphatic heterocycles. The van der Waals surface area contributed by atoms with E-state index < -0.39 is 17.4 Å². The summed E-state index contributed by atoms with van der Waals surface area (Å²) in [6, 6.07) is 0. The van der Waals surface area contributed by atoms with Crippen LogP contribution in [0.4, 0.5) is 0 Å². The van der Waals surface area contributed by atoms with Gasteiger partial charge in [0.1, 0.15) is 5.56 Å². The first-order chi connectivity index (χ1) is 7.76. The third kappa shape index (κ3) is 3.05. The van der Waals surface area contributed by atoms with Gasteiger partial charge in [0.25, 0.3) is 5.91 Å². The fourth-order valence-electron chi connectivity index (χ4n) is 1.26. The molecule has 0 atom stereocenters. The average Bonchev–Trinajstić information content (AvgIpc) is 2.56. The van der Waals surface area contributed by atoms with Crippen LogP contribution in [0.2, 0.25) is 0 Å². The summed E-state index contributed by atoms with van der Waals surface area (Å²) in [4.78, 5) is 23.3. The van der Waals surface area contributed by atoms with E-state index in [9.17, 15) is 9.59 Å². The van der Waals surface area contributed by atoms with Gasteiger partial charge in [0.15, 0.2) is 0 Å². The Balaban J connectivity index is 3.07. The number of rotatable bonds is 2. The van der Waals surface area contributed by atoms with Crippen LogP contribution in [0.15, 0.2) is 4.52 Å². The first-order valence-electron chi connectivity index (χ1n) is 5.13. The highest BCUT2D eigenvalue weighted by Crippen LogP contribution is 2.15. The standard InChI is InChI=1S/C11H16N2O4/c1-6-7(10(15)16-5)8(17-13-6)9(14)12-11(2,3)4/h1-5H3,(H,12,14). The van der Waals surface area contributed by atoms with Gasteiger partial charge in [0, 0.05) is 5.54 Å². The summed E-state index contributed by atoms with van der Waals surface area (Å²) in [6.07, 6.45) is 0. The molecule has 0 saturated heterocycles. The van der Waals surface area contributed by atoms with E-state index in [2.05, 4.69) is 15.2 Å². The highest BCUT2D eigenvalue weighted by molar-refractivity contribution is 6.04. The maximum absolute atomic E-state index is 11.9. The van der Waals surface area contributed by atoms with Gasteiger partial charge in [0.2, 0.25) is 5.76 Å². The third-order valence-electron chi connectivity index (χ3n) is 1.95. The number of carbonyl (C=O) groups is 2. The fraction of sp³-hybridized carbons (Fsp3) is 0.545. The van der Waals surface area contributed by atoms with Gasteiger partial charge in [-0.25, -0.2) is 4.79 Å². The summed E-state index contributed by atoms with van der Waals surface area (Å²) >= 11 is 0. The van der Waals surface area contributed by atoms with E-state index in [1.165, 1.54) is 7.11 Å². The lowest BCUT2D eigenvalue weighted by Gasteiger charge is -2.19. The first kappa shape index (κ1) is 13.2. The molecule has 0 saturated carbocycles. The topological polar surface area (TPSA) is 81.4 Å². The van der Waals surface area contributed by atoms with E-state index in [0.29, 0.717) is 5.69 Å². The summed E-state index contributed by atoms with van der Waals surface area (Å²) in [5, 5.41) is 6.29. The molecule has 0 radical (unpaired) electrons. The van der Waals surface area contributed by atoms with E-state index >= 15 is 0 Å². The van der Waals surface area contributed by atoms with E-state index in [1.807, 2.05) is 20.8 Å². The molecule has 1 aromatic rings. The van der Waals surface area contributed by atoms with Gasteiger partial charge >= 0.3 is 5.97 Å². The van der Waals surface area contributed by atoms with Crippen LogP contribution in [0.1, 0.15) is 47.4 Å². The Morgan fingerprint density at radius 3 is 2.41 bits per heavy atom. The minimum absolute atomic E-state index is 0.0641. The molecule has 0 bridgehead atoms. The number of aryl methyl sites for hydroxylation is 1. The van der Waals surface area contributed by atoms with Crippen molar-refractivity contribution < 1.29 is 18.8 Å². The molecule has 6 nitrogen and oxygen atoms in total. The number of hydrogen-bond donors (Lipinski definition) is 1. The maximum atomic E-state index is 11.9. The first-order valence-corrected chi connectivity index (χ1v) is 5.13. The van der Waals surface area contributed by atoms with Gasteiger partial charge < -0.3 is 14.6 Å². The molecule has 6 heteroatoms. The molecule has 1 amide bonds. The van der Waals surface area contributed by atoms with Crippen molar-refractivity contribution in [2.45, 2.75) is 33.2 Å². The Bertz CT molecular complexity index is 443. The molecule has 1 heterocycles. The molecular weight excluding hydrogens is 224 g/mol. The van der Waals surface area contributed by atoms with Crippen molar-refractivity contribution in [1.82, 2.24) is 10.5 Å². The number of nitrogens with one attached hydrogen (secondary N) is 1. The SMILES string of the molecule is COC(=O)c1c(C)noc1C(=O)NC(C)(C)C. The second-order valence-electron chi connectivity index (χ2n) is 4.67. The summed E-state index contributed by atoms with van der Waals surface area (Å²) < 4.78 is 9.44. The second kappa shape index (κ2) is 4.57. The smallest absolute Gasteiger partial charge is 0.344 e. The van der Waals surface area contributed by atoms with Crippen LogP contribution in [-0.4, -0.2) is 29.7 Å². The Hall–Kier alpha value is -1.85. The molecule has 94 valence electrons. The van der Waals surface area contributed by atoms with Crippen LogP contribution in [0.5, 0.6) is 0 Å². The quantitative estimate of drug-likeness (QED) is 0.788. The molecule has 17 heavy (non-hydrogen) atoms. The zero-order valence-electron chi connectivity index (χ0n) is 10.6. The second-order valence-corrected chi connectivity index (χ2v) is 4.67. The molecule has 0 aliphatic rings. The lowest BCUT2D eigenvalue weighted by atomic mass is 10.1. The summed E-state index contributed by atoms with van der Waals surface area (Å²) in [5.74, 6) is -1.24. The fourth-order valence-corrected chi connectivity index (χ4v) is 1.26. The van der Waals surface area contributed by atoms with Crippen molar-refractivity contribution in [2.75, 3.05) is 7.11 Å². The van der Waals surface area contributed by atoms with Gasteiger partial charge in [0.05, 0.1) is 12.8 Å². The molecule has 1 rings (SSSR count). The number of aromatic nitrogens is 1. The molecular formula is C11H16N2O4.